The van der Waals surface area contributed by atoms with Crippen molar-refractivity contribution in [2.75, 3.05) is 13.1 Å². The Labute approximate surface area is 149 Å². The highest BCUT2D eigenvalue weighted by atomic mass is 35.5. The van der Waals surface area contributed by atoms with E-state index in [1.54, 1.807) is 0 Å². The number of rotatable bonds is 5. The largest absolute Gasteiger partial charge is 0.312 e. The molecular formula is C20H39ClN2. The van der Waals surface area contributed by atoms with Crippen LogP contribution >= 0.6 is 11.6 Å². The second kappa shape index (κ2) is 7.62. The molecule has 3 heteroatoms. The van der Waals surface area contributed by atoms with Gasteiger partial charge in [-0.05, 0) is 61.4 Å². The smallest absolute Gasteiger partial charge is 0.0853 e. The van der Waals surface area contributed by atoms with Crippen LogP contribution in [0.4, 0.5) is 0 Å². The van der Waals surface area contributed by atoms with Gasteiger partial charge in [0.15, 0.2) is 0 Å². The number of alkyl halides is 1. The zero-order chi connectivity index (χ0) is 17.4. The van der Waals surface area contributed by atoms with Crippen LogP contribution in [0, 0.1) is 29.1 Å². The maximum absolute atomic E-state index is 6.75. The average molecular weight is 343 g/mol. The lowest BCUT2D eigenvalue weighted by atomic mass is 9.58. The normalized spacial score (nSPS) is 36.5. The summed E-state index contributed by atoms with van der Waals surface area (Å²) in [5.41, 5.74) is 0.571. The Kier molecular flexibility index (Phi) is 6.47. The first-order valence-corrected chi connectivity index (χ1v) is 10.3. The molecule has 0 bridgehead atoms. The summed E-state index contributed by atoms with van der Waals surface area (Å²) in [7, 11) is 0. The van der Waals surface area contributed by atoms with Crippen LogP contribution in [0.5, 0.6) is 0 Å². The monoisotopic (exact) mass is 342 g/mol. The van der Waals surface area contributed by atoms with Crippen molar-refractivity contribution in [3.63, 3.8) is 0 Å². The highest BCUT2D eigenvalue weighted by Crippen LogP contribution is 2.48. The zero-order valence-electron chi connectivity index (χ0n) is 16.4. The highest BCUT2D eigenvalue weighted by Gasteiger charge is 2.51. The third kappa shape index (κ3) is 4.07. The predicted molar refractivity (Wildman–Crippen MR) is 102 cm³/mol. The van der Waals surface area contributed by atoms with Crippen molar-refractivity contribution in [3.8, 4) is 0 Å². The summed E-state index contributed by atoms with van der Waals surface area (Å²) in [5.74, 6) is 2.92. The molecule has 0 radical (unpaired) electrons. The summed E-state index contributed by atoms with van der Waals surface area (Å²) in [6.07, 6.45) is 3.65. The Bertz CT molecular complexity index is 380. The second-order valence-electron chi connectivity index (χ2n) is 9.37. The van der Waals surface area contributed by atoms with Gasteiger partial charge < -0.3 is 5.32 Å². The van der Waals surface area contributed by atoms with Crippen molar-refractivity contribution in [1.29, 1.82) is 0 Å². The first kappa shape index (κ1) is 19.5. The van der Waals surface area contributed by atoms with Crippen LogP contribution in [0.3, 0.4) is 0 Å². The van der Waals surface area contributed by atoms with Crippen LogP contribution in [0.25, 0.3) is 0 Å². The number of nitrogens with one attached hydrogen (secondary N) is 1. The van der Waals surface area contributed by atoms with Gasteiger partial charge in [0.2, 0.25) is 0 Å². The van der Waals surface area contributed by atoms with E-state index < -0.39 is 0 Å². The number of piperidine rings is 2. The van der Waals surface area contributed by atoms with E-state index in [9.17, 15) is 0 Å². The van der Waals surface area contributed by atoms with Crippen LogP contribution < -0.4 is 5.32 Å². The molecule has 0 spiro atoms. The Morgan fingerprint density at radius 2 is 1.83 bits per heavy atom. The van der Waals surface area contributed by atoms with E-state index in [0.29, 0.717) is 23.4 Å². The zero-order valence-corrected chi connectivity index (χ0v) is 17.2. The molecule has 2 aliphatic heterocycles. The van der Waals surface area contributed by atoms with E-state index in [0.717, 1.165) is 30.7 Å². The molecule has 2 aliphatic rings. The first-order chi connectivity index (χ1) is 10.7. The third-order valence-electron chi connectivity index (χ3n) is 6.37. The van der Waals surface area contributed by atoms with Gasteiger partial charge in [0.1, 0.15) is 0 Å². The predicted octanol–water partition coefficient (Wildman–Crippen LogP) is 4.97. The topological polar surface area (TPSA) is 15.3 Å². The van der Waals surface area contributed by atoms with E-state index in [-0.39, 0.29) is 5.50 Å². The van der Waals surface area contributed by atoms with Crippen molar-refractivity contribution in [3.05, 3.63) is 0 Å². The van der Waals surface area contributed by atoms with Gasteiger partial charge in [-0.15, -0.1) is 11.6 Å². The van der Waals surface area contributed by atoms with Gasteiger partial charge in [0.05, 0.1) is 5.50 Å². The molecule has 2 heterocycles. The fourth-order valence-corrected chi connectivity index (χ4v) is 6.10. The molecule has 0 saturated carbocycles. The number of nitrogens with zero attached hydrogens (tertiary/aromatic N) is 1. The average Bonchev–Trinajstić information content (AvgIpc) is 2.44. The Morgan fingerprint density at radius 3 is 2.35 bits per heavy atom. The highest BCUT2D eigenvalue weighted by molar-refractivity contribution is 6.20. The van der Waals surface area contributed by atoms with Crippen LogP contribution in [-0.2, 0) is 0 Å². The molecular weight excluding hydrogens is 304 g/mol. The Hall–Kier alpha value is 0.210. The van der Waals surface area contributed by atoms with Crippen molar-refractivity contribution in [2.45, 2.75) is 85.3 Å². The Morgan fingerprint density at radius 1 is 1.17 bits per heavy atom. The van der Waals surface area contributed by atoms with Crippen molar-refractivity contribution >= 4 is 11.6 Å². The summed E-state index contributed by atoms with van der Waals surface area (Å²) < 4.78 is 0. The van der Waals surface area contributed by atoms with Gasteiger partial charge in [0.25, 0.3) is 0 Å². The van der Waals surface area contributed by atoms with Crippen molar-refractivity contribution in [1.82, 2.24) is 10.2 Å². The van der Waals surface area contributed by atoms with Crippen LogP contribution in [-0.4, -0.2) is 35.6 Å². The lowest BCUT2D eigenvalue weighted by Gasteiger charge is -2.58. The standard InChI is InChI=1S/C20H39ClN2/c1-8-23-17(21)10-9-16-19(23)18(15(12-22-16)14(4)5)20(6,7)11-13(2)3/h13-19,22H,8-12H2,1-7H3. The lowest BCUT2D eigenvalue weighted by molar-refractivity contribution is -0.0635. The molecule has 0 aliphatic carbocycles. The third-order valence-corrected chi connectivity index (χ3v) is 6.84. The second-order valence-corrected chi connectivity index (χ2v) is 9.87. The minimum Gasteiger partial charge on any atom is -0.312 e. The van der Waals surface area contributed by atoms with E-state index in [2.05, 4.69) is 58.7 Å². The van der Waals surface area contributed by atoms with E-state index in [1.165, 1.54) is 19.4 Å². The number of fused-ring (bicyclic) bond motifs is 1. The van der Waals surface area contributed by atoms with E-state index in [1.807, 2.05) is 0 Å². The quantitative estimate of drug-likeness (QED) is 0.560. The summed E-state index contributed by atoms with van der Waals surface area (Å²) in [4.78, 5) is 2.60. The molecule has 2 nitrogen and oxygen atoms in total. The van der Waals surface area contributed by atoms with Crippen LogP contribution in [0.2, 0.25) is 0 Å². The van der Waals surface area contributed by atoms with E-state index >= 15 is 0 Å². The molecule has 23 heavy (non-hydrogen) atoms. The van der Waals surface area contributed by atoms with Crippen LogP contribution in [0.1, 0.15) is 67.7 Å². The Balaban J connectivity index is 2.39. The van der Waals surface area contributed by atoms with Gasteiger partial charge in [0, 0.05) is 12.1 Å². The van der Waals surface area contributed by atoms with Gasteiger partial charge in [-0.1, -0.05) is 48.5 Å². The summed E-state index contributed by atoms with van der Waals surface area (Å²) in [5, 5.41) is 3.89. The molecule has 2 fully saturated rings. The number of hydrogen-bond acceptors (Lipinski definition) is 2. The maximum atomic E-state index is 6.75. The molecule has 0 aromatic heterocycles. The molecule has 0 amide bonds. The molecule has 0 aromatic rings. The summed E-state index contributed by atoms with van der Waals surface area (Å²) >= 11 is 6.75. The number of hydrogen-bond donors (Lipinski definition) is 1. The summed E-state index contributed by atoms with van der Waals surface area (Å²) in [6.45, 7) is 19.1. The first-order valence-electron chi connectivity index (χ1n) is 9.82. The lowest BCUT2D eigenvalue weighted by Crippen LogP contribution is -2.68. The summed E-state index contributed by atoms with van der Waals surface area (Å²) in [6, 6.07) is 1.21. The molecule has 2 saturated heterocycles. The SMILES string of the molecule is CCN1C(Cl)CCC2NCC(C(C)C)C(C(C)(C)CC(C)C)C21. The molecule has 0 aromatic carbocycles. The fourth-order valence-electron chi connectivity index (χ4n) is 5.71. The minimum atomic E-state index is 0.214. The molecule has 5 unspecified atom stereocenters. The molecule has 1 N–H and O–H groups in total. The minimum absolute atomic E-state index is 0.214. The van der Waals surface area contributed by atoms with Crippen molar-refractivity contribution < 1.29 is 0 Å². The van der Waals surface area contributed by atoms with Gasteiger partial charge in [-0.25, -0.2) is 0 Å². The van der Waals surface area contributed by atoms with Gasteiger partial charge in [-0.2, -0.15) is 0 Å². The fraction of sp³-hybridized carbons (Fsp3) is 1.00. The van der Waals surface area contributed by atoms with Gasteiger partial charge >= 0.3 is 0 Å². The molecule has 2 rings (SSSR count). The van der Waals surface area contributed by atoms with Crippen LogP contribution in [0.15, 0.2) is 0 Å². The molecule has 136 valence electrons. The molecule has 5 atom stereocenters. The van der Waals surface area contributed by atoms with Gasteiger partial charge in [-0.3, -0.25) is 4.90 Å². The number of likely N-dealkylation sites (N-methyl/N-ethyl adjacent to an activating group) is 1. The number of likely N-dealkylation sites (tertiary alicyclic amines) is 1. The van der Waals surface area contributed by atoms with Crippen molar-refractivity contribution in [2.24, 2.45) is 29.1 Å². The van der Waals surface area contributed by atoms with E-state index in [4.69, 9.17) is 11.6 Å². The maximum Gasteiger partial charge on any atom is 0.0853 e. The number of halogens is 1.